The molecule has 0 rings (SSSR count). The van der Waals surface area contributed by atoms with Gasteiger partial charge in [0.1, 0.15) is 0 Å². The average molecular weight is 404 g/mol. The highest BCUT2D eigenvalue weighted by atomic mass is 15.1. The van der Waals surface area contributed by atoms with Gasteiger partial charge in [-0.05, 0) is 70.1 Å². The van der Waals surface area contributed by atoms with Crippen molar-refractivity contribution in [3.8, 4) is 0 Å². The molecule has 0 saturated carbocycles. The minimum absolute atomic E-state index is 0.0515. The van der Waals surface area contributed by atoms with Crippen molar-refractivity contribution >= 4 is 0 Å². The molecule has 168 valence electrons. The Hall–Kier alpha value is -1.64. The summed E-state index contributed by atoms with van der Waals surface area (Å²) in [5.74, 6) is 2.02. The maximum Gasteiger partial charge on any atom is 0.0914 e. The Balaban J connectivity index is 4.74. The molecule has 3 heteroatoms. The lowest BCUT2D eigenvalue weighted by atomic mass is 9.83. The smallest absolute Gasteiger partial charge is 0.0914 e. The number of allylic oxidation sites excluding steroid dienone is 3. The quantitative estimate of drug-likeness (QED) is 0.272. The lowest BCUT2D eigenvalue weighted by Crippen LogP contribution is -2.44. The molecule has 3 nitrogen and oxygen atoms in total. The van der Waals surface area contributed by atoms with Crippen LogP contribution >= 0.6 is 0 Å². The van der Waals surface area contributed by atoms with Crippen molar-refractivity contribution in [2.45, 2.75) is 92.2 Å². The van der Waals surface area contributed by atoms with Gasteiger partial charge in [0, 0.05) is 23.8 Å². The van der Waals surface area contributed by atoms with E-state index in [2.05, 4.69) is 90.7 Å². The van der Waals surface area contributed by atoms with E-state index in [9.17, 15) is 0 Å². The Morgan fingerprint density at radius 3 is 2.10 bits per heavy atom. The molecule has 3 unspecified atom stereocenters. The lowest BCUT2D eigenvalue weighted by molar-refractivity contribution is 0.261. The standard InChI is InChI=1S/C26H49N3/c1-12-14-15-23(18-20(3)13-2)19-27-22(5)28-24(25(6,7)8)17-16-21(4)29-26(9,10)11/h12-13,20,23-24,27-29H,1-2,4-5,14-19H2,3,6-11H3. The van der Waals surface area contributed by atoms with Gasteiger partial charge in [0.15, 0.2) is 0 Å². The van der Waals surface area contributed by atoms with E-state index in [1.807, 2.05) is 12.2 Å². The van der Waals surface area contributed by atoms with Crippen LogP contribution in [0.4, 0.5) is 0 Å². The Labute approximate surface area is 182 Å². The van der Waals surface area contributed by atoms with Crippen molar-refractivity contribution in [1.29, 1.82) is 0 Å². The van der Waals surface area contributed by atoms with E-state index in [0.717, 1.165) is 50.2 Å². The van der Waals surface area contributed by atoms with E-state index in [1.165, 1.54) is 0 Å². The van der Waals surface area contributed by atoms with Crippen LogP contribution in [0.15, 0.2) is 50.0 Å². The number of hydrogen-bond acceptors (Lipinski definition) is 3. The fraction of sp³-hybridized carbons (Fsp3) is 0.692. The molecule has 3 atom stereocenters. The molecule has 0 aromatic heterocycles. The predicted molar refractivity (Wildman–Crippen MR) is 132 cm³/mol. The Morgan fingerprint density at radius 2 is 1.62 bits per heavy atom. The van der Waals surface area contributed by atoms with Crippen LogP contribution in [0.3, 0.4) is 0 Å². The second-order valence-electron chi connectivity index (χ2n) is 10.6. The summed E-state index contributed by atoms with van der Waals surface area (Å²) in [6.45, 7) is 32.7. The summed E-state index contributed by atoms with van der Waals surface area (Å²) in [7, 11) is 0. The molecule has 0 amide bonds. The first-order valence-electron chi connectivity index (χ1n) is 11.2. The van der Waals surface area contributed by atoms with Crippen LogP contribution in [0, 0.1) is 17.3 Å². The van der Waals surface area contributed by atoms with E-state index >= 15 is 0 Å². The first kappa shape index (κ1) is 27.4. The molecule has 0 heterocycles. The molecule has 0 bridgehead atoms. The summed E-state index contributed by atoms with van der Waals surface area (Å²) in [4.78, 5) is 0. The van der Waals surface area contributed by atoms with Crippen molar-refractivity contribution < 1.29 is 0 Å². The van der Waals surface area contributed by atoms with Crippen molar-refractivity contribution in [1.82, 2.24) is 16.0 Å². The SMILES string of the molecule is C=CCCC(CNC(=C)NC(CCC(=C)NC(C)(C)C)C(C)(C)C)CC(C)C=C. The second-order valence-corrected chi connectivity index (χ2v) is 10.6. The fourth-order valence-electron chi connectivity index (χ4n) is 3.44. The van der Waals surface area contributed by atoms with Crippen molar-refractivity contribution in [2.24, 2.45) is 17.3 Å². The van der Waals surface area contributed by atoms with Crippen LogP contribution in [-0.4, -0.2) is 18.1 Å². The highest BCUT2D eigenvalue weighted by Gasteiger charge is 2.25. The molecule has 0 aliphatic rings. The van der Waals surface area contributed by atoms with E-state index in [1.54, 1.807) is 0 Å². The van der Waals surface area contributed by atoms with Crippen molar-refractivity contribution in [3.05, 3.63) is 50.0 Å². The summed E-state index contributed by atoms with van der Waals surface area (Å²) < 4.78 is 0. The second kappa shape index (κ2) is 12.8. The highest BCUT2D eigenvalue weighted by Crippen LogP contribution is 2.25. The largest absolute Gasteiger partial charge is 0.384 e. The monoisotopic (exact) mass is 403 g/mol. The maximum atomic E-state index is 4.25. The molecule has 0 aromatic carbocycles. The van der Waals surface area contributed by atoms with Crippen LogP contribution in [-0.2, 0) is 0 Å². The minimum atomic E-state index is 0.0515. The molecule has 0 aliphatic carbocycles. The number of nitrogens with one attached hydrogen (secondary N) is 3. The Morgan fingerprint density at radius 1 is 1.00 bits per heavy atom. The third kappa shape index (κ3) is 14.1. The fourth-order valence-corrected chi connectivity index (χ4v) is 3.44. The molecular weight excluding hydrogens is 354 g/mol. The lowest BCUT2D eigenvalue weighted by Gasteiger charge is -2.34. The predicted octanol–water partition coefficient (Wildman–Crippen LogP) is 6.53. The van der Waals surface area contributed by atoms with Gasteiger partial charge in [0.05, 0.1) is 5.82 Å². The van der Waals surface area contributed by atoms with Gasteiger partial charge in [-0.15, -0.1) is 13.2 Å². The van der Waals surface area contributed by atoms with Gasteiger partial charge in [-0.25, -0.2) is 0 Å². The highest BCUT2D eigenvalue weighted by molar-refractivity contribution is 5.01. The van der Waals surface area contributed by atoms with Crippen LogP contribution in [0.1, 0.15) is 80.6 Å². The molecule has 0 fully saturated rings. The summed E-state index contributed by atoms with van der Waals surface area (Å²) in [5.41, 5.74) is 1.28. The van der Waals surface area contributed by atoms with E-state index < -0.39 is 0 Å². The zero-order valence-electron chi connectivity index (χ0n) is 20.5. The van der Waals surface area contributed by atoms with E-state index in [-0.39, 0.29) is 11.0 Å². The third-order valence-electron chi connectivity index (χ3n) is 5.17. The molecule has 0 aromatic rings. The zero-order chi connectivity index (χ0) is 22.7. The summed E-state index contributed by atoms with van der Waals surface area (Å²) >= 11 is 0. The summed E-state index contributed by atoms with van der Waals surface area (Å²) in [6, 6.07) is 0.319. The summed E-state index contributed by atoms with van der Waals surface area (Å²) in [6.07, 6.45) is 9.33. The molecule has 3 N–H and O–H groups in total. The van der Waals surface area contributed by atoms with Crippen LogP contribution in [0.5, 0.6) is 0 Å². The minimum Gasteiger partial charge on any atom is -0.384 e. The normalized spacial score (nSPS) is 15.0. The van der Waals surface area contributed by atoms with Crippen LogP contribution < -0.4 is 16.0 Å². The molecule has 0 radical (unpaired) electrons. The molecular formula is C26H49N3. The van der Waals surface area contributed by atoms with Gasteiger partial charge >= 0.3 is 0 Å². The van der Waals surface area contributed by atoms with Gasteiger partial charge in [0.25, 0.3) is 0 Å². The van der Waals surface area contributed by atoms with Crippen LogP contribution in [0.25, 0.3) is 0 Å². The molecule has 29 heavy (non-hydrogen) atoms. The van der Waals surface area contributed by atoms with E-state index in [4.69, 9.17) is 0 Å². The Bertz CT molecular complexity index is 519. The van der Waals surface area contributed by atoms with Crippen LogP contribution in [0.2, 0.25) is 0 Å². The zero-order valence-corrected chi connectivity index (χ0v) is 20.5. The third-order valence-corrected chi connectivity index (χ3v) is 5.17. The van der Waals surface area contributed by atoms with Gasteiger partial charge in [-0.3, -0.25) is 0 Å². The van der Waals surface area contributed by atoms with Crippen molar-refractivity contribution in [2.75, 3.05) is 6.54 Å². The van der Waals surface area contributed by atoms with Gasteiger partial charge < -0.3 is 16.0 Å². The average Bonchev–Trinajstić information content (AvgIpc) is 2.58. The van der Waals surface area contributed by atoms with Crippen molar-refractivity contribution in [3.63, 3.8) is 0 Å². The topological polar surface area (TPSA) is 36.1 Å². The van der Waals surface area contributed by atoms with Gasteiger partial charge in [-0.2, -0.15) is 0 Å². The Kier molecular flexibility index (Phi) is 12.1. The molecule has 0 aliphatic heterocycles. The molecule has 0 spiro atoms. The first-order valence-corrected chi connectivity index (χ1v) is 11.2. The summed E-state index contributed by atoms with van der Waals surface area (Å²) in [5, 5.41) is 10.7. The van der Waals surface area contributed by atoms with Gasteiger partial charge in [0.2, 0.25) is 0 Å². The maximum absolute atomic E-state index is 4.25. The van der Waals surface area contributed by atoms with Gasteiger partial charge in [-0.1, -0.05) is 53.0 Å². The molecule has 0 saturated heterocycles. The number of hydrogen-bond donors (Lipinski definition) is 3. The van der Waals surface area contributed by atoms with E-state index in [0.29, 0.717) is 17.9 Å². The number of rotatable bonds is 15. The first-order chi connectivity index (χ1) is 13.3.